The Morgan fingerprint density at radius 3 is 2.92 bits per heavy atom. The molecule has 0 saturated heterocycles. The van der Waals surface area contributed by atoms with Crippen molar-refractivity contribution in [3.8, 4) is 0 Å². The lowest BCUT2D eigenvalue weighted by Crippen LogP contribution is -2.38. The lowest BCUT2D eigenvalue weighted by atomic mass is 10.1. The number of fused-ring (bicyclic) bond motifs is 1. The van der Waals surface area contributed by atoms with Crippen LogP contribution in [0, 0.1) is 6.92 Å². The number of hydrogen-bond acceptors (Lipinski definition) is 4. The predicted octanol–water partition coefficient (Wildman–Crippen LogP) is 3.82. The van der Waals surface area contributed by atoms with Crippen LogP contribution in [0.1, 0.15) is 17.7 Å². The first-order valence-electron chi connectivity index (χ1n) is 8.81. The number of benzene rings is 1. The van der Waals surface area contributed by atoms with E-state index in [0.29, 0.717) is 0 Å². The molecular weight excluding hydrogens is 362 g/mol. The van der Waals surface area contributed by atoms with Crippen molar-refractivity contribution in [3.63, 3.8) is 0 Å². The highest BCUT2D eigenvalue weighted by Crippen LogP contribution is 2.22. The fraction of sp³-hybridized carbons (Fsp3) is 0.368. The molecule has 5 nitrogen and oxygen atoms in total. The van der Waals surface area contributed by atoms with Gasteiger partial charge in [-0.15, -0.1) is 11.3 Å². The van der Waals surface area contributed by atoms with E-state index < -0.39 is 0 Å². The van der Waals surface area contributed by atoms with E-state index in [1.54, 1.807) is 11.3 Å². The third-order valence-electron chi connectivity index (χ3n) is 4.17. The van der Waals surface area contributed by atoms with Crippen LogP contribution in [0.15, 0.2) is 45.2 Å². The van der Waals surface area contributed by atoms with E-state index in [0.717, 1.165) is 42.0 Å². The highest BCUT2D eigenvalue weighted by Gasteiger charge is 2.07. The number of nitrogens with zero attached hydrogens (tertiary/aromatic N) is 2. The van der Waals surface area contributed by atoms with Crippen molar-refractivity contribution in [2.75, 3.05) is 25.9 Å². The summed E-state index contributed by atoms with van der Waals surface area (Å²) in [4.78, 5) is 12.0. The lowest BCUT2D eigenvalue weighted by molar-refractivity contribution is 0.776. The Morgan fingerprint density at radius 2 is 2.12 bits per heavy atom. The van der Waals surface area contributed by atoms with E-state index in [-0.39, 0.29) is 0 Å². The quantitative estimate of drug-likeness (QED) is 0.238. The molecule has 0 saturated carbocycles. The molecule has 0 spiro atoms. The van der Waals surface area contributed by atoms with Crippen LogP contribution in [0.5, 0.6) is 0 Å². The van der Waals surface area contributed by atoms with Gasteiger partial charge in [0, 0.05) is 54.1 Å². The first kappa shape index (κ1) is 18.8. The topological polar surface area (TPSA) is 65.1 Å². The van der Waals surface area contributed by atoms with Gasteiger partial charge in [0.15, 0.2) is 5.96 Å². The van der Waals surface area contributed by atoms with E-state index in [1.165, 1.54) is 22.2 Å². The Kier molecular flexibility index (Phi) is 6.96. The Bertz CT molecular complexity index is 839. The summed E-state index contributed by atoms with van der Waals surface area (Å²) >= 11 is 3.50. The molecule has 0 atom stereocenters. The van der Waals surface area contributed by atoms with Crippen LogP contribution in [-0.2, 0) is 6.42 Å². The smallest absolute Gasteiger partial charge is 0.190 e. The molecule has 0 aliphatic carbocycles. The molecule has 0 unspecified atom stereocenters. The number of aromatic nitrogens is 2. The average molecular weight is 388 g/mol. The van der Waals surface area contributed by atoms with Gasteiger partial charge in [-0.05, 0) is 31.4 Å². The van der Waals surface area contributed by atoms with E-state index >= 15 is 0 Å². The van der Waals surface area contributed by atoms with Crippen LogP contribution in [-0.4, -0.2) is 41.8 Å². The normalized spacial score (nSPS) is 11.8. The number of rotatable bonds is 8. The van der Waals surface area contributed by atoms with Crippen LogP contribution in [0.4, 0.5) is 0 Å². The minimum Gasteiger partial charge on any atom is -0.358 e. The van der Waals surface area contributed by atoms with E-state index in [2.05, 4.69) is 56.8 Å². The molecule has 2 aromatic heterocycles. The molecule has 3 aromatic rings. The number of thioether (sulfide) groups is 1. The van der Waals surface area contributed by atoms with Gasteiger partial charge >= 0.3 is 0 Å². The van der Waals surface area contributed by atoms with Gasteiger partial charge in [-0.3, -0.25) is 4.99 Å². The maximum atomic E-state index is 4.31. The molecule has 2 heterocycles. The fourth-order valence-corrected chi connectivity index (χ4v) is 4.55. The second kappa shape index (κ2) is 9.64. The number of hydrogen-bond donors (Lipinski definition) is 3. The van der Waals surface area contributed by atoms with Crippen molar-refractivity contribution in [2.45, 2.75) is 24.1 Å². The van der Waals surface area contributed by atoms with Crippen LogP contribution < -0.4 is 10.6 Å². The SMILES string of the molecule is CN=C(NCCCSc1nccs1)NCCc1c(C)[nH]c2ccccc12. The monoisotopic (exact) mass is 387 g/mol. The zero-order valence-electron chi connectivity index (χ0n) is 15.2. The van der Waals surface area contributed by atoms with Crippen molar-refractivity contribution in [1.29, 1.82) is 0 Å². The Balaban J connectivity index is 1.39. The van der Waals surface area contributed by atoms with Gasteiger partial charge in [0.25, 0.3) is 0 Å². The number of H-pyrrole nitrogens is 1. The lowest BCUT2D eigenvalue weighted by Gasteiger charge is -2.11. The number of thiazole rings is 1. The van der Waals surface area contributed by atoms with Crippen molar-refractivity contribution in [3.05, 3.63) is 47.1 Å². The maximum absolute atomic E-state index is 4.31. The third-order valence-corrected chi connectivity index (χ3v) is 6.22. The van der Waals surface area contributed by atoms with Gasteiger partial charge in [-0.1, -0.05) is 30.0 Å². The van der Waals surface area contributed by atoms with Crippen LogP contribution in [0.2, 0.25) is 0 Å². The standard InChI is InChI=1S/C19H25N5S2/c1-14-15(16-6-3-4-7-17(16)24-14)8-10-22-18(20-2)21-9-5-12-25-19-23-11-13-26-19/h3-4,6-7,11,13,24H,5,8-10,12H2,1-2H3,(H2,20,21,22). The third kappa shape index (κ3) is 5.02. The van der Waals surface area contributed by atoms with Gasteiger partial charge in [-0.25, -0.2) is 4.98 Å². The molecule has 1 aromatic carbocycles. The van der Waals surface area contributed by atoms with Crippen molar-refractivity contribution >= 4 is 40.0 Å². The van der Waals surface area contributed by atoms with Crippen molar-refractivity contribution < 1.29 is 0 Å². The highest BCUT2D eigenvalue weighted by atomic mass is 32.2. The number of aryl methyl sites for hydroxylation is 1. The summed E-state index contributed by atoms with van der Waals surface area (Å²) in [7, 11) is 1.82. The second-order valence-electron chi connectivity index (χ2n) is 5.95. The summed E-state index contributed by atoms with van der Waals surface area (Å²) in [5.41, 5.74) is 3.83. The van der Waals surface area contributed by atoms with Gasteiger partial charge in [0.05, 0.1) is 0 Å². The fourth-order valence-electron chi connectivity index (χ4n) is 2.90. The second-order valence-corrected chi connectivity index (χ2v) is 8.19. The van der Waals surface area contributed by atoms with Crippen LogP contribution in [0.3, 0.4) is 0 Å². The first-order valence-corrected chi connectivity index (χ1v) is 10.7. The van der Waals surface area contributed by atoms with Crippen LogP contribution >= 0.6 is 23.1 Å². The zero-order chi connectivity index (χ0) is 18.2. The Hall–Kier alpha value is -1.99. The predicted molar refractivity (Wildman–Crippen MR) is 114 cm³/mol. The molecule has 0 aliphatic heterocycles. The summed E-state index contributed by atoms with van der Waals surface area (Å²) in [5.74, 6) is 1.92. The molecule has 0 radical (unpaired) electrons. The zero-order valence-corrected chi connectivity index (χ0v) is 16.8. The average Bonchev–Trinajstić information content (AvgIpc) is 3.27. The molecule has 3 N–H and O–H groups in total. The number of guanidine groups is 1. The summed E-state index contributed by atoms with van der Waals surface area (Å²) in [6.07, 6.45) is 3.90. The summed E-state index contributed by atoms with van der Waals surface area (Å²) in [6.45, 7) is 3.91. The van der Waals surface area contributed by atoms with Crippen molar-refractivity contribution in [2.24, 2.45) is 4.99 Å². The molecule has 0 amide bonds. The molecular formula is C19H25N5S2. The van der Waals surface area contributed by atoms with E-state index in [9.17, 15) is 0 Å². The van der Waals surface area contributed by atoms with Crippen molar-refractivity contribution in [1.82, 2.24) is 20.6 Å². The van der Waals surface area contributed by atoms with Gasteiger partial charge in [0.2, 0.25) is 0 Å². The van der Waals surface area contributed by atoms with Gasteiger partial charge in [-0.2, -0.15) is 0 Å². The molecule has 26 heavy (non-hydrogen) atoms. The maximum Gasteiger partial charge on any atom is 0.190 e. The summed E-state index contributed by atoms with van der Waals surface area (Å²) in [6, 6.07) is 8.47. The summed E-state index contributed by atoms with van der Waals surface area (Å²) < 4.78 is 1.14. The minimum atomic E-state index is 0.857. The number of nitrogens with one attached hydrogen (secondary N) is 3. The first-order chi connectivity index (χ1) is 12.8. The number of aromatic amines is 1. The van der Waals surface area contributed by atoms with Gasteiger partial charge < -0.3 is 15.6 Å². The minimum absolute atomic E-state index is 0.857. The van der Waals surface area contributed by atoms with E-state index in [4.69, 9.17) is 0 Å². The Labute approximate surface area is 162 Å². The number of para-hydroxylation sites is 1. The molecule has 7 heteroatoms. The number of aliphatic imine (C=N–C) groups is 1. The Morgan fingerprint density at radius 1 is 1.27 bits per heavy atom. The van der Waals surface area contributed by atoms with E-state index in [1.807, 2.05) is 30.4 Å². The summed E-state index contributed by atoms with van der Waals surface area (Å²) in [5, 5.41) is 10.1. The molecule has 138 valence electrons. The molecule has 0 bridgehead atoms. The molecule has 3 rings (SSSR count). The molecule has 0 fully saturated rings. The van der Waals surface area contributed by atoms with Gasteiger partial charge in [0.1, 0.15) is 4.34 Å². The largest absolute Gasteiger partial charge is 0.358 e. The molecule has 0 aliphatic rings. The highest BCUT2D eigenvalue weighted by molar-refractivity contribution is 8.00. The van der Waals surface area contributed by atoms with Crippen LogP contribution in [0.25, 0.3) is 10.9 Å².